The molecule has 0 radical (unpaired) electrons. The van der Waals surface area contributed by atoms with E-state index >= 15 is 0 Å². The van der Waals surface area contributed by atoms with E-state index in [-0.39, 0.29) is 36.1 Å². The third kappa shape index (κ3) is 7.73. The van der Waals surface area contributed by atoms with Crippen molar-refractivity contribution in [1.29, 1.82) is 0 Å². The van der Waals surface area contributed by atoms with E-state index in [2.05, 4.69) is 10.3 Å². The number of nitrogens with two attached hydrogens (primary N) is 1. The van der Waals surface area contributed by atoms with Gasteiger partial charge in [0, 0.05) is 25.1 Å². The van der Waals surface area contributed by atoms with Crippen molar-refractivity contribution >= 4 is 36.0 Å². The van der Waals surface area contributed by atoms with Crippen LogP contribution in [0.2, 0.25) is 0 Å². The third-order valence-corrected chi connectivity index (χ3v) is 4.08. The highest BCUT2D eigenvalue weighted by Gasteiger charge is 2.22. The number of hydrogen-bond donors (Lipinski definition) is 2. The van der Waals surface area contributed by atoms with E-state index in [1.807, 2.05) is 52.0 Å². The summed E-state index contributed by atoms with van der Waals surface area (Å²) in [7, 11) is 0. The molecule has 8 heteroatoms. The van der Waals surface area contributed by atoms with Crippen LogP contribution in [-0.4, -0.2) is 48.8 Å². The number of carbonyl (C=O) groups excluding carboxylic acids is 1. The van der Waals surface area contributed by atoms with Crippen LogP contribution < -0.4 is 15.8 Å². The number of carbonyl (C=O) groups is 1. The fourth-order valence-electron chi connectivity index (χ4n) is 2.90. The number of rotatable bonds is 6. The van der Waals surface area contributed by atoms with Gasteiger partial charge in [-0.3, -0.25) is 4.99 Å². The average molecular weight is 504 g/mol. The zero-order valence-electron chi connectivity index (χ0n) is 17.2. The smallest absolute Gasteiger partial charge is 0.410 e. The molecule has 1 aliphatic rings. The standard InChI is InChI=1S/C20H32N4O3.HI/c1-5-12-24(19(25)27-20(2,3)4)13-11-22-18(21)23-16-10-14-26-17-9-7-6-8-15(16)17;/h6-9,16H,5,10-14H2,1-4H3,(H3,21,22,23);1H. The Morgan fingerprint density at radius 2 is 2.07 bits per heavy atom. The van der Waals surface area contributed by atoms with E-state index in [0.29, 0.717) is 32.2 Å². The van der Waals surface area contributed by atoms with Gasteiger partial charge >= 0.3 is 6.09 Å². The largest absolute Gasteiger partial charge is 0.493 e. The molecule has 158 valence electrons. The van der Waals surface area contributed by atoms with Crippen molar-refractivity contribution in [2.24, 2.45) is 10.7 Å². The van der Waals surface area contributed by atoms with Gasteiger partial charge in [-0.05, 0) is 33.3 Å². The Hall–Kier alpha value is -1.71. The summed E-state index contributed by atoms with van der Waals surface area (Å²) in [6, 6.07) is 8.01. The molecule has 1 aromatic rings. The lowest BCUT2D eigenvalue weighted by Gasteiger charge is -2.27. The predicted octanol–water partition coefficient (Wildman–Crippen LogP) is 3.68. The number of fused-ring (bicyclic) bond motifs is 1. The predicted molar refractivity (Wildman–Crippen MR) is 122 cm³/mol. The number of amides is 1. The van der Waals surface area contributed by atoms with E-state index in [9.17, 15) is 4.79 Å². The highest BCUT2D eigenvalue weighted by atomic mass is 127. The maximum absolute atomic E-state index is 12.3. The normalized spacial score (nSPS) is 16.3. The maximum atomic E-state index is 12.3. The first-order valence-electron chi connectivity index (χ1n) is 9.56. The third-order valence-electron chi connectivity index (χ3n) is 4.08. The van der Waals surface area contributed by atoms with Crippen molar-refractivity contribution in [1.82, 2.24) is 10.2 Å². The average Bonchev–Trinajstić information content (AvgIpc) is 2.60. The van der Waals surface area contributed by atoms with Gasteiger partial charge in [0.05, 0.1) is 19.2 Å². The van der Waals surface area contributed by atoms with Crippen LogP contribution in [0.15, 0.2) is 29.3 Å². The number of ether oxygens (including phenoxy) is 2. The van der Waals surface area contributed by atoms with Gasteiger partial charge in [0.1, 0.15) is 11.4 Å². The van der Waals surface area contributed by atoms with Crippen LogP contribution in [0.4, 0.5) is 4.79 Å². The second-order valence-electron chi connectivity index (χ2n) is 7.61. The van der Waals surface area contributed by atoms with Crippen LogP contribution in [0.1, 0.15) is 52.1 Å². The molecular formula is C20H33IN4O3. The molecule has 1 aliphatic heterocycles. The SMILES string of the molecule is CCCN(CCN=C(N)NC1CCOc2ccccc21)C(=O)OC(C)(C)C.I. The number of hydrogen-bond acceptors (Lipinski definition) is 4. The number of nitrogens with one attached hydrogen (secondary N) is 1. The Bertz CT molecular complexity index is 661. The summed E-state index contributed by atoms with van der Waals surface area (Å²) in [5.41, 5.74) is 6.64. The first-order chi connectivity index (χ1) is 12.8. The van der Waals surface area contributed by atoms with Crippen molar-refractivity contribution in [2.75, 3.05) is 26.2 Å². The fourth-order valence-corrected chi connectivity index (χ4v) is 2.90. The monoisotopic (exact) mass is 504 g/mol. The summed E-state index contributed by atoms with van der Waals surface area (Å²) in [5.74, 6) is 1.26. The van der Waals surface area contributed by atoms with Crippen LogP contribution in [0.25, 0.3) is 0 Å². The lowest BCUT2D eigenvalue weighted by atomic mass is 10.0. The number of para-hydroxylation sites is 1. The topological polar surface area (TPSA) is 89.2 Å². The highest BCUT2D eigenvalue weighted by molar-refractivity contribution is 14.0. The molecule has 0 fully saturated rings. The molecule has 0 saturated heterocycles. The molecule has 1 amide bonds. The van der Waals surface area contributed by atoms with E-state index < -0.39 is 5.60 Å². The summed E-state index contributed by atoms with van der Waals surface area (Å²) >= 11 is 0. The van der Waals surface area contributed by atoms with Crippen LogP contribution >= 0.6 is 24.0 Å². The molecule has 0 bridgehead atoms. The Kier molecular flexibility index (Phi) is 9.84. The zero-order chi connectivity index (χ0) is 19.9. The van der Waals surface area contributed by atoms with Crippen molar-refractivity contribution in [3.63, 3.8) is 0 Å². The van der Waals surface area contributed by atoms with Crippen LogP contribution in [0.3, 0.4) is 0 Å². The summed E-state index contributed by atoms with van der Waals surface area (Å²) in [4.78, 5) is 18.3. The number of aliphatic imine (C=N–C) groups is 1. The minimum absolute atomic E-state index is 0. The first kappa shape index (κ1) is 24.3. The van der Waals surface area contributed by atoms with E-state index in [4.69, 9.17) is 15.2 Å². The molecule has 3 N–H and O–H groups in total. The summed E-state index contributed by atoms with van der Waals surface area (Å²) in [5, 5.41) is 3.26. The van der Waals surface area contributed by atoms with Crippen molar-refractivity contribution < 1.29 is 14.3 Å². The van der Waals surface area contributed by atoms with Gasteiger partial charge in [0.2, 0.25) is 0 Å². The van der Waals surface area contributed by atoms with Gasteiger partial charge in [-0.15, -0.1) is 24.0 Å². The summed E-state index contributed by atoms with van der Waals surface area (Å²) < 4.78 is 11.1. The minimum atomic E-state index is -0.511. The quantitative estimate of drug-likeness (QED) is 0.351. The van der Waals surface area contributed by atoms with Crippen molar-refractivity contribution in [2.45, 2.75) is 52.2 Å². The van der Waals surface area contributed by atoms with E-state index in [0.717, 1.165) is 24.2 Å². The molecule has 0 aliphatic carbocycles. The van der Waals surface area contributed by atoms with Crippen molar-refractivity contribution in [3.8, 4) is 5.75 Å². The van der Waals surface area contributed by atoms with Gasteiger partial charge in [0.25, 0.3) is 0 Å². The van der Waals surface area contributed by atoms with Crippen molar-refractivity contribution in [3.05, 3.63) is 29.8 Å². The van der Waals surface area contributed by atoms with Gasteiger partial charge in [-0.2, -0.15) is 0 Å². The number of nitrogens with zero attached hydrogens (tertiary/aromatic N) is 2. The van der Waals surface area contributed by atoms with Gasteiger partial charge in [-0.1, -0.05) is 25.1 Å². The molecule has 28 heavy (non-hydrogen) atoms. The molecule has 0 spiro atoms. The Balaban J connectivity index is 0.00000392. The minimum Gasteiger partial charge on any atom is -0.493 e. The molecule has 2 rings (SSSR count). The molecule has 1 atom stereocenters. The fraction of sp³-hybridized carbons (Fsp3) is 0.600. The Morgan fingerprint density at radius 1 is 1.36 bits per heavy atom. The Morgan fingerprint density at radius 3 is 2.75 bits per heavy atom. The van der Waals surface area contributed by atoms with Crippen LogP contribution in [0, 0.1) is 0 Å². The molecule has 0 aromatic heterocycles. The highest BCUT2D eigenvalue weighted by Crippen LogP contribution is 2.31. The second-order valence-corrected chi connectivity index (χ2v) is 7.61. The summed E-state index contributed by atoms with van der Waals surface area (Å²) in [6.45, 7) is 9.77. The molecule has 1 aromatic carbocycles. The summed E-state index contributed by atoms with van der Waals surface area (Å²) in [6.07, 6.45) is 1.37. The number of halogens is 1. The zero-order valence-corrected chi connectivity index (χ0v) is 19.6. The molecule has 1 heterocycles. The second kappa shape index (κ2) is 11.3. The van der Waals surface area contributed by atoms with E-state index in [1.165, 1.54) is 0 Å². The number of guanidine groups is 1. The lowest BCUT2D eigenvalue weighted by molar-refractivity contribution is 0.0256. The Labute approximate surface area is 185 Å². The van der Waals surface area contributed by atoms with E-state index in [1.54, 1.807) is 4.90 Å². The molecule has 1 unspecified atom stereocenters. The molecular weight excluding hydrogens is 471 g/mol. The molecule has 0 saturated carbocycles. The lowest BCUT2D eigenvalue weighted by Crippen LogP contribution is -2.40. The first-order valence-corrected chi connectivity index (χ1v) is 9.56. The van der Waals surface area contributed by atoms with Gasteiger partial charge in [-0.25, -0.2) is 4.79 Å². The van der Waals surface area contributed by atoms with Crippen LogP contribution in [0.5, 0.6) is 5.75 Å². The molecule has 7 nitrogen and oxygen atoms in total. The maximum Gasteiger partial charge on any atom is 0.410 e. The van der Waals surface area contributed by atoms with Crippen LogP contribution in [-0.2, 0) is 4.74 Å². The number of benzene rings is 1. The van der Waals surface area contributed by atoms with Gasteiger partial charge < -0.3 is 25.4 Å². The van der Waals surface area contributed by atoms with Gasteiger partial charge in [0.15, 0.2) is 5.96 Å².